The predicted octanol–water partition coefficient (Wildman–Crippen LogP) is 2.30. The average Bonchev–Trinajstić information content (AvgIpc) is 2.27. The second-order valence-electron chi connectivity index (χ2n) is 4.85. The van der Waals surface area contributed by atoms with E-state index in [1.54, 1.807) is 12.3 Å². The third-order valence-corrected chi connectivity index (χ3v) is 2.60. The van der Waals surface area contributed by atoms with E-state index in [4.69, 9.17) is 15.7 Å². The van der Waals surface area contributed by atoms with Crippen molar-refractivity contribution in [3.8, 4) is 5.88 Å². The van der Waals surface area contributed by atoms with Crippen LogP contribution in [0.1, 0.15) is 38.3 Å². The molecule has 100 valence electrons. The largest absolute Gasteiger partial charge is 0.474 e. The number of hydrogen-bond donors (Lipinski definition) is 2. The maximum Gasteiger partial charge on any atom is 0.225 e. The zero-order valence-electron chi connectivity index (χ0n) is 11.3. The maximum atomic E-state index is 8.80. The molecule has 0 aliphatic rings. The van der Waals surface area contributed by atoms with Crippen molar-refractivity contribution in [1.29, 1.82) is 0 Å². The van der Waals surface area contributed by atoms with Crippen LogP contribution in [0.25, 0.3) is 0 Å². The molecule has 1 rings (SSSR count). The number of nitrogens with zero attached hydrogens (tertiary/aromatic N) is 2. The van der Waals surface area contributed by atoms with Gasteiger partial charge in [-0.25, -0.2) is 4.98 Å². The topological polar surface area (TPSA) is 80.7 Å². The molecule has 0 radical (unpaired) electrons. The lowest BCUT2D eigenvalue weighted by Crippen LogP contribution is -2.21. The molecule has 0 bridgehead atoms. The molecule has 18 heavy (non-hydrogen) atoms. The first kappa shape index (κ1) is 14.3. The number of pyridine rings is 1. The highest BCUT2D eigenvalue weighted by Gasteiger charge is 2.16. The highest BCUT2D eigenvalue weighted by Crippen LogP contribution is 2.21. The molecule has 0 aliphatic heterocycles. The quantitative estimate of drug-likeness (QED) is 0.364. The van der Waals surface area contributed by atoms with E-state index >= 15 is 0 Å². The van der Waals surface area contributed by atoms with Gasteiger partial charge < -0.3 is 15.7 Å². The molecular weight excluding hydrogens is 230 g/mol. The van der Waals surface area contributed by atoms with Crippen LogP contribution in [0.5, 0.6) is 5.88 Å². The zero-order valence-corrected chi connectivity index (χ0v) is 11.3. The minimum absolute atomic E-state index is 0.0207. The van der Waals surface area contributed by atoms with Crippen LogP contribution >= 0.6 is 0 Å². The number of ether oxygens (including phenoxy) is 1. The third kappa shape index (κ3) is 3.61. The molecule has 3 N–H and O–H groups in total. The number of hydrogen-bond acceptors (Lipinski definition) is 4. The molecule has 0 saturated heterocycles. The van der Waals surface area contributed by atoms with Crippen LogP contribution in [-0.4, -0.2) is 22.1 Å². The van der Waals surface area contributed by atoms with Crippen molar-refractivity contribution in [3.63, 3.8) is 0 Å². The van der Waals surface area contributed by atoms with Gasteiger partial charge in [0.1, 0.15) is 0 Å². The van der Waals surface area contributed by atoms with Gasteiger partial charge >= 0.3 is 0 Å². The molecule has 0 spiro atoms. The maximum absolute atomic E-state index is 8.80. The Balaban J connectivity index is 2.99. The first-order valence-corrected chi connectivity index (χ1v) is 6.05. The smallest absolute Gasteiger partial charge is 0.225 e. The molecule has 1 aromatic rings. The number of oxime groups is 1. The summed E-state index contributed by atoms with van der Waals surface area (Å²) in [5.74, 6) is 0.975. The Labute approximate surface area is 108 Å². The molecule has 0 amide bonds. The number of rotatable bonds is 5. The van der Waals surface area contributed by atoms with Crippen molar-refractivity contribution in [2.75, 3.05) is 0 Å². The molecule has 0 fully saturated rings. The monoisotopic (exact) mass is 251 g/mol. The van der Waals surface area contributed by atoms with Crippen molar-refractivity contribution >= 4 is 5.84 Å². The van der Waals surface area contributed by atoms with E-state index in [0.29, 0.717) is 17.4 Å². The molecule has 0 aromatic carbocycles. The normalized spacial score (nSPS) is 13.7. The van der Waals surface area contributed by atoms with E-state index in [1.165, 1.54) is 0 Å². The van der Waals surface area contributed by atoms with Gasteiger partial charge in [-0.05, 0) is 37.8 Å². The van der Waals surface area contributed by atoms with E-state index < -0.39 is 0 Å². The van der Waals surface area contributed by atoms with Gasteiger partial charge in [-0.1, -0.05) is 19.0 Å². The first-order valence-electron chi connectivity index (χ1n) is 6.05. The van der Waals surface area contributed by atoms with Crippen molar-refractivity contribution in [2.24, 2.45) is 16.8 Å². The van der Waals surface area contributed by atoms with Gasteiger partial charge in [0.05, 0.1) is 11.7 Å². The lowest BCUT2D eigenvalue weighted by molar-refractivity contribution is 0.185. The number of nitrogens with two attached hydrogens (primary N) is 1. The summed E-state index contributed by atoms with van der Waals surface area (Å²) in [6, 6.07) is 1.80. The van der Waals surface area contributed by atoms with Crippen molar-refractivity contribution in [1.82, 2.24) is 4.98 Å². The number of amidine groups is 1. The van der Waals surface area contributed by atoms with Crippen LogP contribution in [0.2, 0.25) is 0 Å². The van der Waals surface area contributed by atoms with Crippen LogP contribution in [-0.2, 0) is 0 Å². The summed E-state index contributed by atoms with van der Waals surface area (Å²) >= 11 is 0. The Kier molecular flexibility index (Phi) is 4.95. The summed E-state index contributed by atoms with van der Waals surface area (Å²) in [5, 5.41) is 11.8. The lowest BCUT2D eigenvalue weighted by Gasteiger charge is -2.18. The second kappa shape index (κ2) is 6.23. The van der Waals surface area contributed by atoms with Crippen molar-refractivity contribution in [3.05, 3.63) is 23.4 Å². The Bertz CT molecular complexity index is 430. The highest BCUT2D eigenvalue weighted by atomic mass is 16.5. The summed E-state index contributed by atoms with van der Waals surface area (Å²) in [5.41, 5.74) is 7.07. The summed E-state index contributed by atoms with van der Waals surface area (Å²) in [6.07, 6.45) is 2.61. The van der Waals surface area contributed by atoms with Crippen LogP contribution in [0.3, 0.4) is 0 Å². The summed E-state index contributed by atoms with van der Waals surface area (Å²) in [4.78, 5) is 4.16. The third-order valence-electron chi connectivity index (χ3n) is 2.60. The molecule has 1 atom stereocenters. The van der Waals surface area contributed by atoms with Gasteiger partial charge in [0.25, 0.3) is 0 Å². The average molecular weight is 251 g/mol. The van der Waals surface area contributed by atoms with Gasteiger partial charge in [0, 0.05) is 6.20 Å². The fraction of sp³-hybridized carbons (Fsp3) is 0.538. The predicted molar refractivity (Wildman–Crippen MR) is 71.0 cm³/mol. The molecule has 1 unspecified atom stereocenters. The Morgan fingerprint density at radius 1 is 1.50 bits per heavy atom. The molecule has 5 heteroatoms. The van der Waals surface area contributed by atoms with E-state index in [1.807, 2.05) is 13.8 Å². The van der Waals surface area contributed by atoms with Crippen LogP contribution in [0.4, 0.5) is 0 Å². The Morgan fingerprint density at radius 3 is 2.72 bits per heavy atom. The fourth-order valence-electron chi connectivity index (χ4n) is 1.89. The minimum atomic E-state index is 0.0207. The zero-order chi connectivity index (χ0) is 13.7. The molecule has 1 heterocycles. The fourth-order valence-corrected chi connectivity index (χ4v) is 1.89. The SMILES string of the molecule is Cc1ccnc(OC(C)CC(C)C)c1/C(N)=N/O. The van der Waals surface area contributed by atoms with Crippen LogP contribution in [0.15, 0.2) is 17.4 Å². The summed E-state index contributed by atoms with van der Waals surface area (Å²) < 4.78 is 5.78. The van der Waals surface area contributed by atoms with Gasteiger partial charge in [-0.15, -0.1) is 0 Å². The highest BCUT2D eigenvalue weighted by molar-refractivity contribution is 6.00. The second-order valence-corrected chi connectivity index (χ2v) is 4.85. The Morgan fingerprint density at radius 2 is 2.17 bits per heavy atom. The van der Waals surface area contributed by atoms with Gasteiger partial charge in [0.15, 0.2) is 5.84 Å². The van der Waals surface area contributed by atoms with Crippen LogP contribution < -0.4 is 10.5 Å². The van der Waals surface area contributed by atoms with Crippen molar-refractivity contribution in [2.45, 2.75) is 40.2 Å². The van der Waals surface area contributed by atoms with Gasteiger partial charge in [0.2, 0.25) is 5.88 Å². The van der Waals surface area contributed by atoms with Gasteiger partial charge in [-0.3, -0.25) is 0 Å². The van der Waals surface area contributed by atoms with E-state index in [0.717, 1.165) is 12.0 Å². The molecular formula is C13H21N3O2. The molecule has 5 nitrogen and oxygen atoms in total. The van der Waals surface area contributed by atoms with E-state index in [9.17, 15) is 0 Å². The van der Waals surface area contributed by atoms with E-state index in [2.05, 4.69) is 24.0 Å². The van der Waals surface area contributed by atoms with E-state index in [-0.39, 0.29) is 11.9 Å². The lowest BCUT2D eigenvalue weighted by atomic mass is 10.1. The summed E-state index contributed by atoms with van der Waals surface area (Å²) in [7, 11) is 0. The van der Waals surface area contributed by atoms with Gasteiger partial charge in [-0.2, -0.15) is 0 Å². The summed E-state index contributed by atoms with van der Waals surface area (Å²) in [6.45, 7) is 8.12. The first-order chi connectivity index (χ1) is 8.45. The molecule has 1 aromatic heterocycles. The van der Waals surface area contributed by atoms with Crippen molar-refractivity contribution < 1.29 is 9.94 Å². The number of aromatic nitrogens is 1. The van der Waals surface area contributed by atoms with Crippen LogP contribution in [0, 0.1) is 12.8 Å². The Hall–Kier alpha value is -1.78. The standard InChI is InChI=1S/C13H21N3O2/c1-8(2)7-10(4)18-13-11(12(14)16-17)9(3)5-6-15-13/h5-6,8,10,17H,7H2,1-4H3,(H2,14,16). The molecule has 0 saturated carbocycles. The number of aryl methyl sites for hydroxylation is 1. The minimum Gasteiger partial charge on any atom is -0.474 e. The molecule has 0 aliphatic carbocycles.